The van der Waals surface area contributed by atoms with Gasteiger partial charge in [0.05, 0.1) is 12.2 Å². The van der Waals surface area contributed by atoms with Gasteiger partial charge in [-0.25, -0.2) is 9.36 Å². The molecule has 3 heterocycles. The molecule has 0 amide bonds. The lowest BCUT2D eigenvalue weighted by molar-refractivity contribution is -0.0488. The van der Waals surface area contributed by atoms with E-state index in [1.54, 1.807) is 13.8 Å². The van der Waals surface area contributed by atoms with E-state index in [1.165, 1.54) is 6.92 Å². The Morgan fingerprint density at radius 1 is 1.28 bits per heavy atom. The topological polar surface area (TPSA) is 226 Å². The van der Waals surface area contributed by atoms with E-state index in [1.807, 2.05) is 0 Å². The smallest absolute Gasteiger partial charge is 0.359 e. The molecule has 14 nitrogen and oxygen atoms in total. The summed E-state index contributed by atoms with van der Waals surface area (Å²) < 4.78 is 24.3. The molecule has 6 atom stereocenters. The first kappa shape index (κ1) is 24.6. The predicted octanol–water partition coefficient (Wildman–Crippen LogP) is -0.896. The van der Waals surface area contributed by atoms with Crippen molar-refractivity contribution in [1.82, 2.24) is 19.5 Å². The number of aromatic nitrogens is 4. The van der Waals surface area contributed by atoms with Crippen LogP contribution in [0.2, 0.25) is 0 Å². The molecule has 0 bridgehead atoms. The second kappa shape index (κ2) is 8.71. The standard InChI is InChI=1S/C17H28N5O9P/c1-4-17(27,5-2)32(28,29)31-7(3)6-8-10(23)11(24)14(30-8)22-12-9(19-16(22)26)13(25)21-15(18)20-12/h7-8,10-11,14,23-24,27H,4-6H2,1-3H3,(H,19,26)(H,28,29)(H3,18,20,21,25)/t7?,8?,10-,11-,14-/m1/s1. The van der Waals surface area contributed by atoms with E-state index < -0.39 is 54.8 Å². The van der Waals surface area contributed by atoms with Gasteiger partial charge in [0, 0.05) is 6.42 Å². The van der Waals surface area contributed by atoms with Crippen LogP contribution in [0.25, 0.3) is 11.2 Å². The van der Waals surface area contributed by atoms with Crippen molar-refractivity contribution < 1.29 is 34.0 Å². The largest absolute Gasteiger partial charge is 0.388 e. The predicted molar refractivity (Wildman–Crippen MR) is 112 cm³/mol. The fourth-order valence-corrected chi connectivity index (χ4v) is 5.33. The number of anilines is 1. The molecule has 2 aromatic heterocycles. The van der Waals surface area contributed by atoms with Crippen molar-refractivity contribution in [1.29, 1.82) is 0 Å². The molecule has 1 aliphatic rings. The molecule has 0 radical (unpaired) electrons. The lowest BCUT2D eigenvalue weighted by Gasteiger charge is -2.32. The zero-order chi connectivity index (χ0) is 24.0. The summed E-state index contributed by atoms with van der Waals surface area (Å²) in [6.07, 6.45) is -6.71. The molecule has 15 heteroatoms. The summed E-state index contributed by atoms with van der Waals surface area (Å²) >= 11 is 0. The highest BCUT2D eigenvalue weighted by atomic mass is 31.2. The average Bonchev–Trinajstić information content (AvgIpc) is 3.17. The van der Waals surface area contributed by atoms with Crippen molar-refractivity contribution in [3.63, 3.8) is 0 Å². The number of H-pyrrole nitrogens is 2. The second-order valence-corrected chi connectivity index (χ2v) is 9.94. The van der Waals surface area contributed by atoms with Gasteiger partial charge < -0.3 is 35.2 Å². The third-order valence-electron chi connectivity index (χ3n) is 5.73. The number of hydrogen-bond acceptors (Lipinski definition) is 10. The van der Waals surface area contributed by atoms with E-state index in [-0.39, 0.29) is 36.4 Å². The minimum absolute atomic E-state index is 0.00786. The summed E-state index contributed by atoms with van der Waals surface area (Å²) in [6.45, 7) is 4.55. The Bertz CT molecular complexity index is 1140. The van der Waals surface area contributed by atoms with Crippen LogP contribution in [0.3, 0.4) is 0 Å². The SMILES string of the molecule is CCC(O)(CC)P(=O)(O)OC(C)CC1O[C@@H](n2c(=O)[nH]c3c(=O)[nH]c(N)nc32)[C@H](O)[C@@H]1O. The number of fused-ring (bicyclic) bond motifs is 1. The first-order valence-corrected chi connectivity index (χ1v) is 11.7. The minimum atomic E-state index is -4.44. The van der Waals surface area contributed by atoms with Gasteiger partial charge in [0.1, 0.15) is 12.2 Å². The van der Waals surface area contributed by atoms with Crippen molar-refractivity contribution in [2.24, 2.45) is 0 Å². The zero-order valence-electron chi connectivity index (χ0n) is 17.8. The fourth-order valence-electron chi connectivity index (χ4n) is 3.76. The van der Waals surface area contributed by atoms with Crippen LogP contribution in [-0.4, -0.2) is 69.5 Å². The van der Waals surface area contributed by atoms with Crippen LogP contribution < -0.4 is 17.0 Å². The molecule has 32 heavy (non-hydrogen) atoms. The summed E-state index contributed by atoms with van der Waals surface area (Å²) in [5, 5.41) is 29.4. The number of aliphatic hydroxyl groups is 3. The number of nitrogens with one attached hydrogen (secondary N) is 2. The lowest BCUT2D eigenvalue weighted by atomic mass is 10.1. The van der Waals surface area contributed by atoms with Gasteiger partial charge in [0.15, 0.2) is 22.7 Å². The Labute approximate surface area is 181 Å². The van der Waals surface area contributed by atoms with Crippen LogP contribution in [0.5, 0.6) is 0 Å². The number of nitrogens with zero attached hydrogens (tertiary/aromatic N) is 2. The molecule has 0 spiro atoms. The maximum atomic E-state index is 12.6. The van der Waals surface area contributed by atoms with Crippen molar-refractivity contribution in [3.05, 3.63) is 20.8 Å². The van der Waals surface area contributed by atoms with Gasteiger partial charge in [-0.05, 0) is 19.8 Å². The normalized spacial score (nSPS) is 27.0. The van der Waals surface area contributed by atoms with Gasteiger partial charge in [-0.1, -0.05) is 13.8 Å². The maximum Gasteiger partial charge on any atom is 0.359 e. The van der Waals surface area contributed by atoms with Crippen LogP contribution in [-0.2, 0) is 13.8 Å². The summed E-state index contributed by atoms with van der Waals surface area (Å²) in [5.41, 5.74) is 3.66. The molecular formula is C17H28N5O9P. The fraction of sp³-hybridized carbons (Fsp3) is 0.706. The Kier molecular flexibility index (Phi) is 6.69. The first-order chi connectivity index (χ1) is 14.8. The highest BCUT2D eigenvalue weighted by Gasteiger charge is 2.48. The monoisotopic (exact) mass is 477 g/mol. The van der Waals surface area contributed by atoms with Gasteiger partial charge in [0.2, 0.25) is 5.95 Å². The number of rotatable bonds is 8. The highest BCUT2D eigenvalue weighted by molar-refractivity contribution is 7.54. The molecule has 180 valence electrons. The van der Waals surface area contributed by atoms with E-state index in [0.717, 1.165) is 4.57 Å². The van der Waals surface area contributed by atoms with Gasteiger partial charge in [-0.2, -0.15) is 4.98 Å². The van der Waals surface area contributed by atoms with Crippen LogP contribution in [0.1, 0.15) is 46.3 Å². The molecule has 0 aliphatic carbocycles. The maximum absolute atomic E-state index is 12.6. The molecule has 8 N–H and O–H groups in total. The Morgan fingerprint density at radius 2 is 1.91 bits per heavy atom. The highest BCUT2D eigenvalue weighted by Crippen LogP contribution is 2.58. The summed E-state index contributed by atoms with van der Waals surface area (Å²) in [7, 11) is -4.44. The molecule has 1 fully saturated rings. The Balaban J connectivity index is 1.83. The summed E-state index contributed by atoms with van der Waals surface area (Å²) in [4.78, 5) is 43.1. The quantitative estimate of drug-likeness (QED) is 0.231. The molecule has 3 rings (SSSR count). The number of hydrogen-bond donors (Lipinski definition) is 7. The number of aliphatic hydroxyl groups excluding tert-OH is 2. The Hall–Kier alpha value is -2.06. The van der Waals surface area contributed by atoms with E-state index in [2.05, 4.69) is 15.0 Å². The van der Waals surface area contributed by atoms with Crippen LogP contribution in [0.4, 0.5) is 5.95 Å². The first-order valence-electron chi connectivity index (χ1n) is 10.1. The number of ether oxygens (including phenoxy) is 1. The molecular weight excluding hydrogens is 449 g/mol. The number of nitrogen functional groups attached to an aromatic ring is 1. The van der Waals surface area contributed by atoms with E-state index in [9.17, 15) is 34.4 Å². The molecule has 0 aromatic carbocycles. The van der Waals surface area contributed by atoms with E-state index in [4.69, 9.17) is 15.0 Å². The number of imidazole rings is 1. The summed E-state index contributed by atoms with van der Waals surface area (Å²) in [5.74, 6) is -0.264. The molecule has 1 aliphatic heterocycles. The van der Waals surface area contributed by atoms with Crippen molar-refractivity contribution in [3.8, 4) is 0 Å². The number of aromatic amines is 2. The van der Waals surface area contributed by atoms with Crippen LogP contribution in [0.15, 0.2) is 9.59 Å². The van der Waals surface area contributed by atoms with Gasteiger partial charge in [-0.15, -0.1) is 0 Å². The Morgan fingerprint density at radius 3 is 2.50 bits per heavy atom. The second-order valence-electron chi connectivity index (χ2n) is 7.86. The third kappa shape index (κ3) is 4.15. The van der Waals surface area contributed by atoms with E-state index in [0.29, 0.717) is 0 Å². The molecule has 1 saturated heterocycles. The van der Waals surface area contributed by atoms with Gasteiger partial charge >= 0.3 is 13.3 Å². The summed E-state index contributed by atoms with van der Waals surface area (Å²) in [6, 6.07) is 0. The molecule has 3 unspecified atom stereocenters. The third-order valence-corrected chi connectivity index (χ3v) is 8.06. The average molecular weight is 477 g/mol. The van der Waals surface area contributed by atoms with Gasteiger partial charge in [-0.3, -0.25) is 19.3 Å². The van der Waals surface area contributed by atoms with Crippen molar-refractivity contribution >= 4 is 24.7 Å². The zero-order valence-corrected chi connectivity index (χ0v) is 18.7. The van der Waals surface area contributed by atoms with Crippen molar-refractivity contribution in [2.45, 2.75) is 76.0 Å². The van der Waals surface area contributed by atoms with Crippen molar-refractivity contribution in [2.75, 3.05) is 5.73 Å². The molecule has 0 saturated carbocycles. The lowest BCUT2D eigenvalue weighted by Crippen LogP contribution is -2.35. The van der Waals surface area contributed by atoms with Crippen LogP contribution >= 0.6 is 7.60 Å². The van der Waals surface area contributed by atoms with E-state index >= 15 is 0 Å². The molecule has 2 aromatic rings. The number of nitrogens with two attached hydrogens (primary N) is 1. The minimum Gasteiger partial charge on any atom is -0.388 e. The van der Waals surface area contributed by atoms with Crippen LogP contribution in [0, 0.1) is 0 Å². The van der Waals surface area contributed by atoms with Gasteiger partial charge in [0.25, 0.3) is 5.56 Å².